The van der Waals surface area contributed by atoms with Crippen LogP contribution in [0.4, 0.5) is 4.39 Å². The van der Waals surface area contributed by atoms with Gasteiger partial charge in [-0.2, -0.15) is 9.65 Å². The van der Waals surface area contributed by atoms with Crippen molar-refractivity contribution in [2.24, 2.45) is 0 Å². The predicted molar refractivity (Wildman–Crippen MR) is 74.0 cm³/mol. The van der Waals surface area contributed by atoms with Gasteiger partial charge in [0.15, 0.2) is 0 Å². The lowest BCUT2D eigenvalue weighted by Crippen LogP contribution is -1.96. The second-order valence-corrected chi connectivity index (χ2v) is 4.93. The van der Waals surface area contributed by atoms with E-state index in [1.165, 1.54) is 18.2 Å². The number of rotatable bonds is 2. The van der Waals surface area contributed by atoms with Crippen molar-refractivity contribution < 1.29 is 4.39 Å². The summed E-state index contributed by atoms with van der Waals surface area (Å²) in [7, 11) is 0. The molecule has 0 saturated carbocycles. The Morgan fingerprint density at radius 2 is 1.74 bits per heavy atom. The summed E-state index contributed by atoms with van der Waals surface area (Å²) in [6.45, 7) is 0. The summed E-state index contributed by atoms with van der Waals surface area (Å²) in [6.07, 6.45) is -0.0241. The zero-order chi connectivity index (χ0) is 14.0. The molecule has 0 aliphatic heterocycles. The number of hydrogen-bond acceptors (Lipinski definition) is 2. The molecule has 0 saturated heterocycles. The number of halogens is 4. The first kappa shape index (κ1) is 14.1. The van der Waals surface area contributed by atoms with Gasteiger partial charge in [-0.1, -0.05) is 34.8 Å². The number of nitrogens with zero attached hydrogens (tertiary/aromatic N) is 2. The van der Waals surface area contributed by atoms with Crippen LogP contribution in [0.2, 0.25) is 15.1 Å². The monoisotopic (exact) mass is 314 g/mol. The Balaban J connectivity index is 2.65. The van der Waals surface area contributed by atoms with Crippen molar-refractivity contribution in [3.05, 3.63) is 51.0 Å². The molecule has 1 aromatic carbocycles. The van der Waals surface area contributed by atoms with Crippen LogP contribution in [0.5, 0.6) is 0 Å². The third-order valence-corrected chi connectivity index (χ3v) is 3.52. The van der Waals surface area contributed by atoms with Gasteiger partial charge in [0.1, 0.15) is 0 Å². The van der Waals surface area contributed by atoms with E-state index >= 15 is 0 Å². The van der Waals surface area contributed by atoms with Gasteiger partial charge in [-0.25, -0.2) is 4.98 Å². The van der Waals surface area contributed by atoms with Gasteiger partial charge in [0.2, 0.25) is 5.95 Å². The molecule has 1 aromatic heterocycles. The maximum atomic E-state index is 13.1. The molecular formula is C13H6Cl3FN2. The number of benzene rings is 1. The Bertz CT molecular complexity index is 680. The van der Waals surface area contributed by atoms with Crippen LogP contribution < -0.4 is 0 Å². The SMILES string of the molecule is N#CCc1nc(F)ccc1-c1cc(Cl)c(Cl)cc1Cl. The highest BCUT2D eigenvalue weighted by Gasteiger charge is 2.13. The third-order valence-electron chi connectivity index (χ3n) is 2.49. The molecule has 0 unspecified atom stereocenters. The first-order valence-electron chi connectivity index (χ1n) is 5.20. The second kappa shape index (κ2) is 5.75. The molecule has 0 N–H and O–H groups in total. The lowest BCUT2D eigenvalue weighted by molar-refractivity contribution is 0.579. The number of nitriles is 1. The zero-order valence-electron chi connectivity index (χ0n) is 9.42. The highest BCUT2D eigenvalue weighted by atomic mass is 35.5. The molecule has 0 spiro atoms. The summed E-state index contributed by atoms with van der Waals surface area (Å²) in [6, 6.07) is 7.73. The zero-order valence-corrected chi connectivity index (χ0v) is 11.7. The van der Waals surface area contributed by atoms with Gasteiger partial charge in [-0.05, 0) is 24.3 Å². The summed E-state index contributed by atoms with van der Waals surface area (Å²) in [5.74, 6) is -0.648. The molecule has 1 heterocycles. The molecule has 6 heteroatoms. The minimum atomic E-state index is -0.648. The number of aromatic nitrogens is 1. The van der Waals surface area contributed by atoms with Crippen molar-refractivity contribution in [2.45, 2.75) is 6.42 Å². The first-order valence-corrected chi connectivity index (χ1v) is 6.33. The molecule has 2 nitrogen and oxygen atoms in total. The van der Waals surface area contributed by atoms with E-state index in [0.29, 0.717) is 31.9 Å². The van der Waals surface area contributed by atoms with Crippen LogP contribution >= 0.6 is 34.8 Å². The van der Waals surface area contributed by atoms with E-state index in [1.807, 2.05) is 6.07 Å². The average Bonchev–Trinajstić information content (AvgIpc) is 2.35. The van der Waals surface area contributed by atoms with Gasteiger partial charge in [-0.15, -0.1) is 0 Å². The Kier molecular flexibility index (Phi) is 4.26. The Morgan fingerprint density at radius 1 is 1.05 bits per heavy atom. The van der Waals surface area contributed by atoms with Crippen LogP contribution in [-0.2, 0) is 6.42 Å². The molecule has 2 aromatic rings. The Morgan fingerprint density at radius 3 is 2.42 bits per heavy atom. The van der Waals surface area contributed by atoms with Crippen molar-refractivity contribution >= 4 is 34.8 Å². The fourth-order valence-corrected chi connectivity index (χ4v) is 2.31. The van der Waals surface area contributed by atoms with Crippen molar-refractivity contribution in [3.63, 3.8) is 0 Å². The molecular weight excluding hydrogens is 310 g/mol. The van der Waals surface area contributed by atoms with Gasteiger partial charge in [0, 0.05) is 11.1 Å². The topological polar surface area (TPSA) is 36.7 Å². The van der Waals surface area contributed by atoms with Crippen LogP contribution in [0.25, 0.3) is 11.1 Å². The maximum absolute atomic E-state index is 13.1. The van der Waals surface area contributed by atoms with Crippen LogP contribution in [-0.4, -0.2) is 4.98 Å². The molecule has 0 fully saturated rings. The predicted octanol–water partition coefficient (Wildman–Crippen LogP) is 4.91. The minimum absolute atomic E-state index is 0.0241. The van der Waals surface area contributed by atoms with Gasteiger partial charge in [0.25, 0.3) is 0 Å². The van der Waals surface area contributed by atoms with Gasteiger partial charge >= 0.3 is 0 Å². The molecule has 0 radical (unpaired) electrons. The molecule has 19 heavy (non-hydrogen) atoms. The van der Waals surface area contributed by atoms with E-state index in [9.17, 15) is 4.39 Å². The molecule has 0 atom stereocenters. The smallest absolute Gasteiger partial charge is 0.213 e. The Labute approximate surface area is 124 Å². The highest BCUT2D eigenvalue weighted by Crippen LogP contribution is 2.36. The van der Waals surface area contributed by atoms with Gasteiger partial charge < -0.3 is 0 Å². The van der Waals surface area contributed by atoms with Crippen LogP contribution in [0.1, 0.15) is 5.69 Å². The molecule has 0 aliphatic carbocycles. The quantitative estimate of drug-likeness (QED) is 0.583. The first-order chi connectivity index (χ1) is 9.02. The van der Waals surface area contributed by atoms with E-state index in [-0.39, 0.29) is 6.42 Å². The van der Waals surface area contributed by atoms with E-state index in [1.54, 1.807) is 6.07 Å². The Hall–Kier alpha value is -1.34. The largest absolute Gasteiger partial charge is 0.223 e. The summed E-state index contributed by atoms with van der Waals surface area (Å²) >= 11 is 17.9. The van der Waals surface area contributed by atoms with Gasteiger partial charge in [0.05, 0.1) is 33.3 Å². The number of hydrogen-bond donors (Lipinski definition) is 0. The fraction of sp³-hybridized carbons (Fsp3) is 0.0769. The van der Waals surface area contributed by atoms with E-state index < -0.39 is 5.95 Å². The van der Waals surface area contributed by atoms with Crippen molar-refractivity contribution in [2.75, 3.05) is 0 Å². The molecule has 96 valence electrons. The molecule has 2 rings (SSSR count). The van der Waals surface area contributed by atoms with E-state index in [4.69, 9.17) is 40.1 Å². The van der Waals surface area contributed by atoms with Crippen LogP contribution in [0.3, 0.4) is 0 Å². The second-order valence-electron chi connectivity index (χ2n) is 3.71. The maximum Gasteiger partial charge on any atom is 0.213 e. The molecule has 0 aliphatic rings. The van der Waals surface area contributed by atoms with Crippen molar-refractivity contribution in [3.8, 4) is 17.2 Å². The molecule has 0 bridgehead atoms. The highest BCUT2D eigenvalue weighted by molar-refractivity contribution is 6.44. The fourth-order valence-electron chi connectivity index (χ4n) is 1.66. The summed E-state index contributed by atoms with van der Waals surface area (Å²) in [4.78, 5) is 3.71. The number of pyridine rings is 1. The van der Waals surface area contributed by atoms with E-state index in [2.05, 4.69) is 4.98 Å². The van der Waals surface area contributed by atoms with Gasteiger partial charge in [-0.3, -0.25) is 0 Å². The standard InChI is InChI=1S/C13H6Cl3FN2/c14-9-6-11(16)10(15)5-8(9)7-1-2-13(17)19-12(7)3-4-18/h1-2,5-6H,3H2. The van der Waals surface area contributed by atoms with Crippen LogP contribution in [0, 0.1) is 17.3 Å². The normalized spacial score (nSPS) is 10.3. The summed E-state index contributed by atoms with van der Waals surface area (Å²) < 4.78 is 13.1. The minimum Gasteiger partial charge on any atom is -0.223 e. The average molecular weight is 316 g/mol. The summed E-state index contributed by atoms with van der Waals surface area (Å²) in [5.41, 5.74) is 1.43. The molecule has 0 amide bonds. The van der Waals surface area contributed by atoms with Crippen molar-refractivity contribution in [1.29, 1.82) is 5.26 Å². The summed E-state index contributed by atoms with van der Waals surface area (Å²) in [5, 5.41) is 9.77. The van der Waals surface area contributed by atoms with Crippen molar-refractivity contribution in [1.82, 2.24) is 4.98 Å². The van der Waals surface area contributed by atoms with E-state index in [0.717, 1.165) is 0 Å². The lowest BCUT2D eigenvalue weighted by atomic mass is 10.0. The van der Waals surface area contributed by atoms with Crippen LogP contribution in [0.15, 0.2) is 24.3 Å². The lowest BCUT2D eigenvalue weighted by Gasteiger charge is -2.10. The third kappa shape index (κ3) is 2.98.